The first-order chi connectivity index (χ1) is 6.51. The molecule has 0 saturated heterocycles. The fourth-order valence-corrected chi connectivity index (χ4v) is 1.89. The Hall–Kier alpha value is -0.550. The smallest absolute Gasteiger partial charge is 0.238 e. The highest BCUT2D eigenvalue weighted by Gasteiger charge is 2.11. The number of rotatable bonds is 5. The molecule has 0 aliphatic rings. The lowest BCUT2D eigenvalue weighted by Crippen LogP contribution is -1.94. The van der Waals surface area contributed by atoms with E-state index in [4.69, 9.17) is 15.2 Å². The summed E-state index contributed by atoms with van der Waals surface area (Å²) in [5, 5.41) is 3.62. The zero-order chi connectivity index (χ0) is 10.6. The molecule has 1 aromatic heterocycles. The topological polar surface area (TPSA) is 60.2 Å². The van der Waals surface area contributed by atoms with Crippen molar-refractivity contribution in [3.8, 4) is 0 Å². The van der Waals surface area contributed by atoms with Gasteiger partial charge >= 0.3 is 0 Å². The molecular formula is C8H12ClNO3S. The third kappa shape index (κ3) is 4.11. The van der Waals surface area contributed by atoms with Crippen LogP contribution < -0.4 is 0 Å². The Bertz CT molecular complexity index is 385. The minimum absolute atomic E-state index is 0.274. The maximum Gasteiger partial charge on any atom is 0.238 e. The molecule has 6 heteroatoms. The summed E-state index contributed by atoms with van der Waals surface area (Å²) in [6.07, 6.45) is 2.85. The Labute approximate surface area is 87.7 Å². The molecule has 0 spiro atoms. The molecule has 0 atom stereocenters. The molecule has 0 saturated carbocycles. The number of aromatic nitrogens is 1. The minimum Gasteiger partial charge on any atom is -0.361 e. The summed E-state index contributed by atoms with van der Waals surface area (Å²) < 4.78 is 26.4. The van der Waals surface area contributed by atoms with Crippen molar-refractivity contribution in [3.05, 3.63) is 17.5 Å². The average molecular weight is 238 g/mol. The Morgan fingerprint density at radius 2 is 2.29 bits per heavy atom. The quantitative estimate of drug-likeness (QED) is 0.736. The third-order valence-corrected chi connectivity index (χ3v) is 2.67. The summed E-state index contributed by atoms with van der Waals surface area (Å²) in [4.78, 5) is 0. The van der Waals surface area contributed by atoms with E-state index in [0.717, 1.165) is 19.3 Å². The predicted octanol–water partition coefficient (Wildman–Crippen LogP) is 2.09. The predicted molar refractivity (Wildman–Crippen MR) is 53.6 cm³/mol. The molecule has 0 aromatic carbocycles. The monoisotopic (exact) mass is 237 g/mol. The van der Waals surface area contributed by atoms with E-state index in [1.807, 2.05) is 0 Å². The Kier molecular flexibility index (Phi) is 3.95. The largest absolute Gasteiger partial charge is 0.361 e. The summed E-state index contributed by atoms with van der Waals surface area (Å²) in [5.74, 6) is 0.437. The van der Waals surface area contributed by atoms with Crippen LogP contribution in [0.25, 0.3) is 0 Å². The second-order valence-corrected chi connectivity index (χ2v) is 5.85. The van der Waals surface area contributed by atoms with Crippen LogP contribution in [0.3, 0.4) is 0 Å². The van der Waals surface area contributed by atoms with Crippen LogP contribution in [0, 0.1) is 0 Å². The highest BCUT2D eigenvalue weighted by molar-refractivity contribution is 8.13. The molecule has 0 N–H and O–H groups in total. The van der Waals surface area contributed by atoms with Gasteiger partial charge in [-0.15, -0.1) is 0 Å². The van der Waals surface area contributed by atoms with E-state index in [2.05, 4.69) is 12.1 Å². The van der Waals surface area contributed by atoms with Crippen molar-refractivity contribution in [1.29, 1.82) is 0 Å². The number of hydrogen-bond donors (Lipinski definition) is 0. The maximum atomic E-state index is 10.7. The van der Waals surface area contributed by atoms with Gasteiger partial charge in [-0.05, 0) is 6.42 Å². The lowest BCUT2D eigenvalue weighted by Gasteiger charge is -1.89. The van der Waals surface area contributed by atoms with E-state index in [1.165, 1.54) is 0 Å². The normalized spacial score (nSPS) is 11.9. The molecule has 0 radical (unpaired) electrons. The molecule has 80 valence electrons. The lowest BCUT2D eigenvalue weighted by atomic mass is 10.2. The van der Waals surface area contributed by atoms with Crippen molar-refractivity contribution in [2.75, 3.05) is 0 Å². The van der Waals surface area contributed by atoms with E-state index in [1.54, 1.807) is 6.07 Å². The lowest BCUT2D eigenvalue weighted by molar-refractivity contribution is 0.376. The van der Waals surface area contributed by atoms with Crippen LogP contribution >= 0.6 is 10.7 Å². The Balaban J connectivity index is 2.59. The molecule has 1 heterocycles. The fourth-order valence-electron chi connectivity index (χ4n) is 1.07. The van der Waals surface area contributed by atoms with Gasteiger partial charge < -0.3 is 4.52 Å². The van der Waals surface area contributed by atoms with E-state index < -0.39 is 9.05 Å². The summed E-state index contributed by atoms with van der Waals surface area (Å²) in [6, 6.07) is 1.63. The first kappa shape index (κ1) is 11.5. The molecule has 0 unspecified atom stereocenters. The van der Waals surface area contributed by atoms with Crippen molar-refractivity contribution in [3.63, 3.8) is 0 Å². The zero-order valence-electron chi connectivity index (χ0n) is 7.86. The summed E-state index contributed by atoms with van der Waals surface area (Å²) in [6.45, 7) is 2.07. The van der Waals surface area contributed by atoms with Crippen LogP contribution in [0.15, 0.2) is 10.6 Å². The van der Waals surface area contributed by atoms with Gasteiger partial charge in [-0.25, -0.2) is 8.42 Å². The Morgan fingerprint density at radius 3 is 2.86 bits per heavy atom. The first-order valence-electron chi connectivity index (χ1n) is 4.38. The molecule has 0 fully saturated rings. The number of halogens is 1. The van der Waals surface area contributed by atoms with E-state index in [-0.39, 0.29) is 5.75 Å². The molecular weight excluding hydrogens is 226 g/mol. The van der Waals surface area contributed by atoms with Crippen molar-refractivity contribution in [1.82, 2.24) is 5.16 Å². The van der Waals surface area contributed by atoms with Crippen LogP contribution in [0.5, 0.6) is 0 Å². The summed E-state index contributed by atoms with van der Waals surface area (Å²) in [7, 11) is 1.54. The second-order valence-electron chi connectivity index (χ2n) is 3.07. The van der Waals surface area contributed by atoms with Crippen molar-refractivity contribution >= 4 is 19.7 Å². The molecule has 0 amide bonds. The number of unbranched alkanes of at least 4 members (excludes halogenated alkanes) is 1. The first-order valence-corrected chi connectivity index (χ1v) is 6.86. The highest BCUT2D eigenvalue weighted by atomic mass is 35.7. The van der Waals surface area contributed by atoms with Crippen LogP contribution in [0.4, 0.5) is 0 Å². The van der Waals surface area contributed by atoms with Gasteiger partial charge in [0, 0.05) is 23.2 Å². The summed E-state index contributed by atoms with van der Waals surface area (Å²) >= 11 is 0. The van der Waals surface area contributed by atoms with Crippen molar-refractivity contribution in [2.45, 2.75) is 31.9 Å². The molecule has 14 heavy (non-hydrogen) atoms. The van der Waals surface area contributed by atoms with Gasteiger partial charge in [0.15, 0.2) is 0 Å². The molecule has 0 aliphatic carbocycles. The van der Waals surface area contributed by atoms with Gasteiger partial charge in [-0.1, -0.05) is 18.5 Å². The van der Waals surface area contributed by atoms with Crippen LogP contribution in [-0.4, -0.2) is 13.6 Å². The average Bonchev–Trinajstić information content (AvgIpc) is 2.46. The fraction of sp³-hybridized carbons (Fsp3) is 0.625. The Morgan fingerprint density at radius 1 is 1.57 bits per heavy atom. The highest BCUT2D eigenvalue weighted by Crippen LogP contribution is 2.12. The zero-order valence-corrected chi connectivity index (χ0v) is 9.44. The van der Waals surface area contributed by atoms with Crippen LogP contribution in [0.2, 0.25) is 0 Å². The number of aryl methyl sites for hydroxylation is 1. The standard InChI is InChI=1S/C8H12ClNO3S/c1-2-3-4-8-5-7(10-13-8)6-14(9,11)12/h5H,2-4,6H2,1H3. The number of nitrogens with zero attached hydrogens (tertiary/aromatic N) is 1. The van der Waals surface area contributed by atoms with Gasteiger partial charge in [-0.3, -0.25) is 0 Å². The van der Waals surface area contributed by atoms with E-state index in [9.17, 15) is 8.42 Å². The molecule has 4 nitrogen and oxygen atoms in total. The van der Waals surface area contributed by atoms with Crippen LogP contribution in [0.1, 0.15) is 31.2 Å². The van der Waals surface area contributed by atoms with Gasteiger partial charge in [0.25, 0.3) is 0 Å². The molecule has 1 rings (SSSR count). The minimum atomic E-state index is -3.53. The van der Waals surface area contributed by atoms with E-state index >= 15 is 0 Å². The number of hydrogen-bond acceptors (Lipinski definition) is 4. The van der Waals surface area contributed by atoms with Crippen molar-refractivity contribution < 1.29 is 12.9 Å². The van der Waals surface area contributed by atoms with Crippen LogP contribution in [-0.2, 0) is 21.2 Å². The third-order valence-electron chi connectivity index (χ3n) is 1.70. The van der Waals surface area contributed by atoms with E-state index in [0.29, 0.717) is 11.5 Å². The van der Waals surface area contributed by atoms with Gasteiger partial charge in [-0.2, -0.15) is 0 Å². The van der Waals surface area contributed by atoms with Gasteiger partial charge in [0.2, 0.25) is 9.05 Å². The van der Waals surface area contributed by atoms with Gasteiger partial charge in [0.05, 0.1) is 0 Å². The second kappa shape index (κ2) is 4.79. The maximum absolute atomic E-state index is 10.7. The molecule has 0 bridgehead atoms. The van der Waals surface area contributed by atoms with Gasteiger partial charge in [0.1, 0.15) is 17.2 Å². The molecule has 1 aromatic rings. The summed E-state index contributed by atoms with van der Waals surface area (Å²) in [5.41, 5.74) is 0.367. The SMILES string of the molecule is CCCCc1cc(CS(=O)(=O)Cl)no1. The molecule has 0 aliphatic heterocycles. The van der Waals surface area contributed by atoms with Crippen molar-refractivity contribution in [2.24, 2.45) is 0 Å².